The van der Waals surface area contributed by atoms with Gasteiger partial charge in [-0.15, -0.1) is 0 Å². The van der Waals surface area contributed by atoms with Gasteiger partial charge in [-0.25, -0.2) is 0 Å². The molecule has 7 heteroatoms. The topological polar surface area (TPSA) is 98.3 Å². The van der Waals surface area contributed by atoms with Crippen molar-refractivity contribution in [2.24, 2.45) is 0 Å². The molecule has 0 fully saturated rings. The molecule has 6 nitrogen and oxygen atoms in total. The third-order valence-electron chi connectivity index (χ3n) is 2.61. The number of nitrogen functional groups attached to an aromatic ring is 1. The van der Waals surface area contributed by atoms with Crippen LogP contribution in [0, 0.1) is 10.1 Å². The molecule has 0 atom stereocenters. The second-order valence-corrected chi connectivity index (χ2v) is 4.82. The molecule has 2 aromatic carbocycles. The predicted octanol–water partition coefficient (Wildman–Crippen LogP) is 3.19. The van der Waals surface area contributed by atoms with Gasteiger partial charge in [0.2, 0.25) is 0 Å². The van der Waals surface area contributed by atoms with E-state index in [0.29, 0.717) is 15.8 Å². The van der Waals surface area contributed by atoms with Crippen LogP contribution in [0.4, 0.5) is 17.1 Å². The van der Waals surface area contributed by atoms with E-state index in [1.165, 1.54) is 18.2 Å². The normalized spacial score (nSPS) is 10.1. The van der Waals surface area contributed by atoms with E-state index in [1.54, 1.807) is 24.3 Å². The summed E-state index contributed by atoms with van der Waals surface area (Å²) in [5.41, 5.74) is 6.62. The van der Waals surface area contributed by atoms with Gasteiger partial charge in [-0.05, 0) is 34.1 Å². The predicted molar refractivity (Wildman–Crippen MR) is 79.6 cm³/mol. The maximum atomic E-state index is 12.1. The summed E-state index contributed by atoms with van der Waals surface area (Å²) in [6, 6.07) is 10.8. The van der Waals surface area contributed by atoms with Crippen LogP contribution < -0.4 is 11.1 Å². The monoisotopic (exact) mass is 335 g/mol. The molecule has 3 N–H and O–H groups in total. The summed E-state index contributed by atoms with van der Waals surface area (Å²) in [6.07, 6.45) is 0. The third-order valence-corrected chi connectivity index (χ3v) is 3.31. The fraction of sp³-hybridized carbons (Fsp3) is 0. The van der Waals surface area contributed by atoms with Crippen molar-refractivity contribution in [2.45, 2.75) is 0 Å². The number of halogens is 1. The van der Waals surface area contributed by atoms with Gasteiger partial charge < -0.3 is 11.1 Å². The number of hydrogen-bond acceptors (Lipinski definition) is 4. The number of para-hydroxylation sites is 2. The Labute approximate surface area is 122 Å². The Morgan fingerprint density at radius 3 is 2.60 bits per heavy atom. The lowest BCUT2D eigenvalue weighted by molar-refractivity contribution is -0.384. The molecule has 0 saturated heterocycles. The Bertz CT molecular complexity index is 688. The molecule has 2 rings (SSSR count). The quantitative estimate of drug-likeness (QED) is 0.511. The highest BCUT2D eigenvalue weighted by Gasteiger charge is 2.16. The molecule has 20 heavy (non-hydrogen) atoms. The van der Waals surface area contributed by atoms with E-state index in [9.17, 15) is 14.9 Å². The maximum Gasteiger partial charge on any atom is 0.270 e. The summed E-state index contributed by atoms with van der Waals surface area (Å²) in [7, 11) is 0. The zero-order valence-electron chi connectivity index (χ0n) is 10.2. The van der Waals surface area contributed by atoms with Crippen LogP contribution in [-0.4, -0.2) is 10.8 Å². The van der Waals surface area contributed by atoms with E-state index in [4.69, 9.17) is 5.73 Å². The van der Waals surface area contributed by atoms with Crippen LogP contribution in [0.2, 0.25) is 0 Å². The molecule has 1 amide bonds. The van der Waals surface area contributed by atoms with E-state index < -0.39 is 10.8 Å². The minimum atomic E-state index is -0.555. The van der Waals surface area contributed by atoms with Crippen molar-refractivity contribution >= 4 is 38.9 Å². The largest absolute Gasteiger partial charge is 0.397 e. The lowest BCUT2D eigenvalue weighted by atomic mass is 10.2. The van der Waals surface area contributed by atoms with Gasteiger partial charge in [-0.3, -0.25) is 14.9 Å². The summed E-state index contributed by atoms with van der Waals surface area (Å²) in [6.45, 7) is 0. The second-order valence-electron chi connectivity index (χ2n) is 3.96. The first-order valence-corrected chi connectivity index (χ1v) is 6.38. The van der Waals surface area contributed by atoms with E-state index in [0.717, 1.165) is 0 Å². The van der Waals surface area contributed by atoms with Crippen molar-refractivity contribution in [3.05, 3.63) is 62.6 Å². The van der Waals surface area contributed by atoms with Crippen LogP contribution >= 0.6 is 15.9 Å². The number of anilines is 2. The summed E-state index contributed by atoms with van der Waals surface area (Å²) >= 11 is 3.20. The summed E-state index contributed by atoms with van der Waals surface area (Å²) < 4.78 is 0.468. The molecular weight excluding hydrogens is 326 g/mol. The standard InChI is InChI=1S/C13H10BrN3O3/c14-10-6-5-8(17(19)20)7-9(10)13(18)16-12-4-2-1-3-11(12)15/h1-7H,15H2,(H,16,18). The number of carbonyl (C=O) groups is 1. The van der Waals surface area contributed by atoms with Crippen LogP contribution in [0.1, 0.15) is 10.4 Å². The molecule has 102 valence electrons. The number of nitro benzene ring substituents is 1. The van der Waals surface area contributed by atoms with Gasteiger partial charge in [0.15, 0.2) is 0 Å². The van der Waals surface area contributed by atoms with Crippen molar-refractivity contribution in [3.63, 3.8) is 0 Å². The first-order chi connectivity index (χ1) is 9.49. The molecule has 0 heterocycles. The first-order valence-electron chi connectivity index (χ1n) is 5.59. The van der Waals surface area contributed by atoms with Crippen molar-refractivity contribution in [3.8, 4) is 0 Å². The molecule has 0 spiro atoms. The SMILES string of the molecule is Nc1ccccc1NC(=O)c1cc([N+](=O)[O-])ccc1Br. The van der Waals surface area contributed by atoms with E-state index in [1.807, 2.05) is 0 Å². The summed E-state index contributed by atoms with van der Waals surface area (Å²) in [4.78, 5) is 22.3. The first kappa shape index (κ1) is 14.0. The number of non-ortho nitro benzene ring substituents is 1. The zero-order chi connectivity index (χ0) is 14.7. The summed E-state index contributed by atoms with van der Waals surface area (Å²) in [5.74, 6) is -0.474. The fourth-order valence-corrected chi connectivity index (χ4v) is 2.03. The van der Waals surface area contributed by atoms with Crippen molar-refractivity contribution in [1.82, 2.24) is 0 Å². The Morgan fingerprint density at radius 2 is 1.95 bits per heavy atom. The molecule has 0 aliphatic carbocycles. The Morgan fingerprint density at radius 1 is 1.25 bits per heavy atom. The van der Waals surface area contributed by atoms with Gasteiger partial charge in [0.1, 0.15) is 0 Å². The number of nitrogens with zero attached hydrogens (tertiary/aromatic N) is 1. The lowest BCUT2D eigenvalue weighted by Gasteiger charge is -2.08. The van der Waals surface area contributed by atoms with Gasteiger partial charge >= 0.3 is 0 Å². The number of nitro groups is 1. The minimum Gasteiger partial charge on any atom is -0.397 e. The number of amides is 1. The molecule has 0 radical (unpaired) electrons. The minimum absolute atomic E-state index is 0.153. The van der Waals surface area contributed by atoms with Crippen LogP contribution in [-0.2, 0) is 0 Å². The average molecular weight is 336 g/mol. The molecular formula is C13H10BrN3O3. The molecule has 0 bridgehead atoms. The van der Waals surface area contributed by atoms with E-state index >= 15 is 0 Å². The molecule has 0 unspecified atom stereocenters. The highest BCUT2D eigenvalue weighted by atomic mass is 79.9. The Balaban J connectivity index is 2.32. The third kappa shape index (κ3) is 2.94. The van der Waals surface area contributed by atoms with Crippen LogP contribution in [0.25, 0.3) is 0 Å². The fourth-order valence-electron chi connectivity index (χ4n) is 1.60. The Kier molecular flexibility index (Phi) is 3.99. The number of rotatable bonds is 3. The number of carbonyl (C=O) groups excluding carboxylic acids is 1. The lowest BCUT2D eigenvalue weighted by Crippen LogP contribution is -2.14. The second kappa shape index (κ2) is 5.70. The van der Waals surface area contributed by atoms with E-state index in [2.05, 4.69) is 21.2 Å². The highest BCUT2D eigenvalue weighted by molar-refractivity contribution is 9.10. The average Bonchev–Trinajstić information content (AvgIpc) is 2.41. The number of nitrogens with two attached hydrogens (primary N) is 1. The van der Waals surface area contributed by atoms with Crippen molar-refractivity contribution in [2.75, 3.05) is 11.1 Å². The highest BCUT2D eigenvalue weighted by Crippen LogP contribution is 2.24. The number of benzene rings is 2. The van der Waals surface area contributed by atoms with Gasteiger partial charge in [0, 0.05) is 16.6 Å². The smallest absolute Gasteiger partial charge is 0.270 e. The van der Waals surface area contributed by atoms with Crippen molar-refractivity contribution < 1.29 is 9.72 Å². The molecule has 0 aromatic heterocycles. The van der Waals surface area contributed by atoms with Crippen LogP contribution in [0.3, 0.4) is 0 Å². The number of hydrogen-bond donors (Lipinski definition) is 2. The van der Waals surface area contributed by atoms with Gasteiger partial charge in [-0.2, -0.15) is 0 Å². The van der Waals surface area contributed by atoms with E-state index in [-0.39, 0.29) is 11.3 Å². The van der Waals surface area contributed by atoms with Crippen molar-refractivity contribution in [1.29, 1.82) is 0 Å². The van der Waals surface area contributed by atoms with Crippen LogP contribution in [0.5, 0.6) is 0 Å². The van der Waals surface area contributed by atoms with Gasteiger partial charge in [-0.1, -0.05) is 12.1 Å². The summed E-state index contributed by atoms with van der Waals surface area (Å²) in [5, 5.41) is 13.4. The van der Waals surface area contributed by atoms with Gasteiger partial charge in [0.05, 0.1) is 21.9 Å². The van der Waals surface area contributed by atoms with Gasteiger partial charge in [0.25, 0.3) is 11.6 Å². The molecule has 0 aliphatic rings. The Hall–Kier alpha value is -2.41. The molecule has 0 aliphatic heterocycles. The molecule has 2 aromatic rings. The molecule has 0 saturated carbocycles. The maximum absolute atomic E-state index is 12.1. The number of nitrogens with one attached hydrogen (secondary N) is 1. The zero-order valence-corrected chi connectivity index (χ0v) is 11.8. The van der Waals surface area contributed by atoms with Crippen LogP contribution in [0.15, 0.2) is 46.9 Å².